The van der Waals surface area contributed by atoms with Gasteiger partial charge in [-0.05, 0) is 41.8 Å². The van der Waals surface area contributed by atoms with Crippen LogP contribution in [-0.4, -0.2) is 37.1 Å². The van der Waals surface area contributed by atoms with Gasteiger partial charge < -0.3 is 9.32 Å². The minimum Gasteiger partial charge on any atom is -0.461 e. The Morgan fingerprint density at radius 1 is 0.854 bits per heavy atom. The summed E-state index contributed by atoms with van der Waals surface area (Å²) >= 11 is 3.01. The molecule has 0 radical (unpaired) electrons. The van der Waals surface area contributed by atoms with Gasteiger partial charge in [0.1, 0.15) is 10.7 Å². The maximum absolute atomic E-state index is 13.7. The molecule has 41 heavy (non-hydrogen) atoms. The molecule has 3 aromatic carbocycles. The fourth-order valence-corrected chi connectivity index (χ4v) is 6.21. The van der Waals surface area contributed by atoms with Crippen LogP contribution in [0.5, 0.6) is 0 Å². The summed E-state index contributed by atoms with van der Waals surface area (Å²) in [5.74, 6) is 1.77. The molecule has 0 fully saturated rings. The van der Waals surface area contributed by atoms with Crippen LogP contribution in [0.2, 0.25) is 0 Å². The Bertz CT molecular complexity index is 1680. The van der Waals surface area contributed by atoms with Crippen molar-refractivity contribution in [2.24, 2.45) is 0 Å². The molecule has 204 valence electrons. The highest BCUT2D eigenvalue weighted by atomic mass is 32.2. The molecule has 1 amide bonds. The first-order valence-corrected chi connectivity index (χ1v) is 15.1. The summed E-state index contributed by atoms with van der Waals surface area (Å²) in [4.78, 5) is 20.3. The first kappa shape index (κ1) is 26.7. The molecular weight excluding hydrogens is 551 g/mol. The third-order valence-electron chi connectivity index (χ3n) is 6.50. The molecule has 0 saturated heterocycles. The zero-order valence-corrected chi connectivity index (χ0v) is 23.8. The monoisotopic (exact) mass is 577 g/mol. The third-order valence-corrected chi connectivity index (χ3v) is 8.47. The van der Waals surface area contributed by atoms with Gasteiger partial charge in [0.05, 0.1) is 12.0 Å². The minimum atomic E-state index is -0.0650. The number of rotatable bonds is 11. The SMILES string of the molecule is O=C(c1csc(CSc2nnc(-c3ccco3)n2-c2ccccc2)n1)N(CCc1ccccc1)Cc1ccccc1. The number of amides is 1. The van der Waals surface area contributed by atoms with Gasteiger partial charge in [-0.1, -0.05) is 90.6 Å². The molecule has 3 aromatic heterocycles. The van der Waals surface area contributed by atoms with E-state index >= 15 is 0 Å². The third kappa shape index (κ3) is 6.48. The van der Waals surface area contributed by atoms with E-state index in [9.17, 15) is 4.79 Å². The maximum Gasteiger partial charge on any atom is 0.273 e. The Balaban J connectivity index is 1.19. The highest BCUT2D eigenvalue weighted by Gasteiger charge is 2.21. The van der Waals surface area contributed by atoms with Gasteiger partial charge in [0.2, 0.25) is 5.82 Å². The Labute approximate surface area is 246 Å². The quantitative estimate of drug-likeness (QED) is 0.152. The molecule has 0 spiro atoms. The molecule has 7 nitrogen and oxygen atoms in total. The number of thiazole rings is 1. The lowest BCUT2D eigenvalue weighted by Crippen LogP contribution is -2.32. The molecule has 0 saturated carbocycles. The average molecular weight is 578 g/mol. The van der Waals surface area contributed by atoms with Crippen LogP contribution in [0.25, 0.3) is 17.3 Å². The summed E-state index contributed by atoms with van der Waals surface area (Å²) in [6.45, 7) is 1.14. The molecule has 3 heterocycles. The summed E-state index contributed by atoms with van der Waals surface area (Å²) in [6, 6.07) is 34.0. The van der Waals surface area contributed by atoms with Crippen LogP contribution < -0.4 is 0 Å². The molecule has 9 heteroatoms. The van der Waals surface area contributed by atoms with E-state index < -0.39 is 0 Å². The highest BCUT2D eigenvalue weighted by molar-refractivity contribution is 7.98. The largest absolute Gasteiger partial charge is 0.461 e. The van der Waals surface area contributed by atoms with Crippen molar-refractivity contribution < 1.29 is 9.21 Å². The Morgan fingerprint density at radius 2 is 1.56 bits per heavy atom. The molecule has 0 atom stereocenters. The lowest BCUT2D eigenvalue weighted by Gasteiger charge is -2.22. The number of aromatic nitrogens is 4. The predicted molar refractivity (Wildman–Crippen MR) is 162 cm³/mol. The van der Waals surface area contributed by atoms with E-state index in [4.69, 9.17) is 9.40 Å². The standard InChI is InChI=1S/C32H27N5O2S2/c38-31(36(21-25-13-6-2-7-14-25)19-18-24-11-4-1-5-12-24)27-22-40-29(33-27)23-41-32-35-34-30(28-17-10-20-39-28)37(32)26-15-8-3-9-16-26/h1-17,20,22H,18-19,21,23H2. The summed E-state index contributed by atoms with van der Waals surface area (Å²) in [7, 11) is 0. The van der Waals surface area contributed by atoms with Crippen molar-refractivity contribution in [3.8, 4) is 17.3 Å². The van der Waals surface area contributed by atoms with Crippen molar-refractivity contribution >= 4 is 29.0 Å². The van der Waals surface area contributed by atoms with Crippen molar-refractivity contribution in [1.82, 2.24) is 24.6 Å². The van der Waals surface area contributed by atoms with Crippen molar-refractivity contribution in [3.05, 3.63) is 137 Å². The number of carbonyl (C=O) groups is 1. The second kappa shape index (κ2) is 12.8. The summed E-state index contributed by atoms with van der Waals surface area (Å²) in [5, 5.41) is 12.3. The van der Waals surface area contributed by atoms with Crippen LogP contribution in [-0.2, 0) is 18.7 Å². The van der Waals surface area contributed by atoms with E-state index in [0.29, 0.717) is 36.1 Å². The number of thioether (sulfide) groups is 1. The lowest BCUT2D eigenvalue weighted by atomic mass is 10.1. The van der Waals surface area contributed by atoms with Gasteiger partial charge in [0, 0.05) is 24.2 Å². The van der Waals surface area contributed by atoms with Gasteiger partial charge in [0.15, 0.2) is 10.9 Å². The van der Waals surface area contributed by atoms with Crippen molar-refractivity contribution in [3.63, 3.8) is 0 Å². The maximum atomic E-state index is 13.7. The summed E-state index contributed by atoms with van der Waals surface area (Å²) in [6.07, 6.45) is 2.40. The minimum absolute atomic E-state index is 0.0650. The summed E-state index contributed by atoms with van der Waals surface area (Å²) < 4.78 is 7.60. The van der Waals surface area contributed by atoms with E-state index in [1.165, 1.54) is 28.7 Å². The first-order valence-electron chi connectivity index (χ1n) is 13.2. The van der Waals surface area contributed by atoms with Crippen LogP contribution >= 0.6 is 23.1 Å². The predicted octanol–water partition coefficient (Wildman–Crippen LogP) is 7.16. The van der Waals surface area contributed by atoms with Crippen LogP contribution in [0.4, 0.5) is 0 Å². The second-order valence-electron chi connectivity index (χ2n) is 9.32. The van der Waals surface area contributed by atoms with E-state index in [1.807, 2.05) is 106 Å². The van der Waals surface area contributed by atoms with Crippen molar-refractivity contribution in [1.29, 1.82) is 0 Å². The normalized spacial score (nSPS) is 11.0. The Kier molecular flexibility index (Phi) is 8.35. The zero-order valence-electron chi connectivity index (χ0n) is 22.2. The molecule has 0 aliphatic carbocycles. The number of para-hydroxylation sites is 1. The first-order chi connectivity index (χ1) is 20.2. The van der Waals surface area contributed by atoms with Crippen LogP contribution in [0.3, 0.4) is 0 Å². The van der Waals surface area contributed by atoms with E-state index in [0.717, 1.165) is 27.8 Å². The van der Waals surface area contributed by atoms with Crippen LogP contribution in [0, 0.1) is 0 Å². The molecule has 6 aromatic rings. The molecule has 0 unspecified atom stereocenters. The molecule has 6 rings (SSSR count). The number of carbonyl (C=O) groups excluding carboxylic acids is 1. The average Bonchev–Trinajstić information content (AvgIpc) is 3.81. The number of furan rings is 1. The lowest BCUT2D eigenvalue weighted by molar-refractivity contribution is 0.0740. The number of nitrogens with zero attached hydrogens (tertiary/aromatic N) is 5. The van der Waals surface area contributed by atoms with Gasteiger partial charge in [-0.25, -0.2) is 4.98 Å². The molecule has 0 N–H and O–H groups in total. The second-order valence-corrected chi connectivity index (χ2v) is 11.2. The van der Waals surface area contributed by atoms with E-state index in [2.05, 4.69) is 22.3 Å². The Morgan fingerprint density at radius 3 is 2.27 bits per heavy atom. The Hall–Kier alpha value is -4.47. The number of benzene rings is 3. The van der Waals surface area contributed by atoms with Crippen molar-refractivity contribution in [2.45, 2.75) is 23.9 Å². The summed E-state index contributed by atoms with van der Waals surface area (Å²) in [5.41, 5.74) is 3.70. The van der Waals surface area contributed by atoms with E-state index in [-0.39, 0.29) is 5.91 Å². The fourth-order valence-electron chi connectivity index (χ4n) is 4.47. The van der Waals surface area contributed by atoms with Gasteiger partial charge in [-0.2, -0.15) is 0 Å². The van der Waals surface area contributed by atoms with Gasteiger partial charge in [-0.15, -0.1) is 21.5 Å². The van der Waals surface area contributed by atoms with Crippen molar-refractivity contribution in [2.75, 3.05) is 6.54 Å². The fraction of sp³-hybridized carbons (Fsp3) is 0.125. The molecule has 0 aliphatic heterocycles. The van der Waals surface area contributed by atoms with E-state index in [1.54, 1.807) is 6.26 Å². The highest BCUT2D eigenvalue weighted by Crippen LogP contribution is 2.30. The van der Waals surface area contributed by atoms with Gasteiger partial charge in [-0.3, -0.25) is 9.36 Å². The number of hydrogen-bond donors (Lipinski definition) is 0. The topological polar surface area (TPSA) is 77.0 Å². The zero-order chi connectivity index (χ0) is 27.9. The van der Waals surface area contributed by atoms with Crippen LogP contribution in [0.1, 0.15) is 26.6 Å². The van der Waals surface area contributed by atoms with Gasteiger partial charge >= 0.3 is 0 Å². The van der Waals surface area contributed by atoms with Gasteiger partial charge in [0.25, 0.3) is 5.91 Å². The van der Waals surface area contributed by atoms with Crippen LogP contribution in [0.15, 0.2) is 124 Å². The number of hydrogen-bond acceptors (Lipinski definition) is 7. The molecular formula is C32H27N5O2S2. The smallest absolute Gasteiger partial charge is 0.273 e. The molecule has 0 aliphatic rings. The molecule has 0 bridgehead atoms.